The van der Waals surface area contributed by atoms with E-state index in [1.165, 1.54) is 11.3 Å². The number of anilines is 2. The van der Waals surface area contributed by atoms with Gasteiger partial charge in [0.2, 0.25) is 0 Å². The fourth-order valence-electron chi connectivity index (χ4n) is 3.87. The molecule has 0 amide bonds. The van der Waals surface area contributed by atoms with Gasteiger partial charge >= 0.3 is 5.97 Å². The summed E-state index contributed by atoms with van der Waals surface area (Å²) in [6.45, 7) is 0. The Morgan fingerprint density at radius 1 is 1.23 bits per heavy atom. The molecule has 0 aliphatic heterocycles. The van der Waals surface area contributed by atoms with Gasteiger partial charge in [-0.1, -0.05) is 35.3 Å². The Balaban J connectivity index is 1.43. The number of halogens is 2. The number of nitrogens with one attached hydrogen (secondary N) is 1. The van der Waals surface area contributed by atoms with Crippen LogP contribution in [0.3, 0.4) is 0 Å². The highest BCUT2D eigenvalue weighted by Gasteiger charge is 2.42. The Labute approximate surface area is 199 Å². The van der Waals surface area contributed by atoms with E-state index in [9.17, 15) is 9.90 Å². The van der Waals surface area contributed by atoms with Crippen LogP contribution in [-0.4, -0.2) is 26.3 Å². The van der Waals surface area contributed by atoms with Gasteiger partial charge in [-0.15, -0.1) is 23.1 Å². The Kier molecular flexibility index (Phi) is 7.06. The summed E-state index contributed by atoms with van der Waals surface area (Å²) in [7, 11) is 0. The van der Waals surface area contributed by atoms with Crippen molar-refractivity contribution in [1.29, 1.82) is 0 Å². The number of thioether (sulfide) groups is 1. The number of aromatic nitrogens is 2. The number of benzene rings is 1. The van der Waals surface area contributed by atoms with Gasteiger partial charge in [0.15, 0.2) is 5.13 Å². The van der Waals surface area contributed by atoms with E-state index in [0.29, 0.717) is 40.4 Å². The molecule has 162 valence electrons. The highest BCUT2D eigenvalue weighted by molar-refractivity contribution is 8.00. The molecule has 0 unspecified atom stereocenters. The number of carboxylic acid groups (broad SMARTS) is 1. The van der Waals surface area contributed by atoms with Gasteiger partial charge in [-0.3, -0.25) is 4.79 Å². The smallest absolute Gasteiger partial charge is 0.310 e. The maximum absolute atomic E-state index is 12.3. The van der Waals surface area contributed by atoms with Crippen LogP contribution in [0.2, 0.25) is 10.0 Å². The molecule has 0 radical (unpaired) electrons. The predicted molar refractivity (Wildman–Crippen MR) is 128 cm³/mol. The molecule has 1 aromatic carbocycles. The number of nitrogens with zero attached hydrogens (tertiary/aromatic N) is 2. The molecule has 2 heterocycles. The lowest BCUT2D eigenvalue weighted by molar-refractivity contribution is -0.151. The van der Waals surface area contributed by atoms with Crippen molar-refractivity contribution < 1.29 is 9.90 Å². The summed E-state index contributed by atoms with van der Waals surface area (Å²) in [6, 6.07) is 11.3. The Hall–Kier alpha value is -1.80. The van der Waals surface area contributed by atoms with Crippen LogP contribution in [0, 0.1) is 5.41 Å². The number of rotatable bonds is 7. The highest BCUT2D eigenvalue weighted by atomic mass is 35.5. The first-order valence-electron chi connectivity index (χ1n) is 9.92. The van der Waals surface area contributed by atoms with Gasteiger partial charge in [0.1, 0.15) is 5.82 Å². The molecule has 1 aliphatic carbocycles. The number of carbonyl (C=O) groups is 1. The fraction of sp³-hybridized carbons (Fsp3) is 0.318. The molecule has 0 saturated heterocycles. The third kappa shape index (κ3) is 5.34. The van der Waals surface area contributed by atoms with Crippen LogP contribution in [-0.2, 0) is 11.2 Å². The second-order valence-electron chi connectivity index (χ2n) is 7.61. The molecule has 2 aromatic heterocycles. The first-order valence-corrected chi connectivity index (χ1v) is 12.4. The maximum atomic E-state index is 12.3. The average Bonchev–Trinajstić information content (AvgIpc) is 3.26. The minimum Gasteiger partial charge on any atom is -0.481 e. The topological polar surface area (TPSA) is 75.1 Å². The zero-order valence-corrected chi connectivity index (χ0v) is 19.7. The minimum atomic E-state index is -0.804. The summed E-state index contributed by atoms with van der Waals surface area (Å²) in [5.74, 6) is -0.0790. The van der Waals surface area contributed by atoms with Crippen LogP contribution in [0.15, 0.2) is 52.9 Å². The average molecular weight is 494 g/mol. The zero-order chi connectivity index (χ0) is 21.8. The van der Waals surface area contributed by atoms with E-state index in [-0.39, 0.29) is 0 Å². The number of thiazole rings is 1. The third-order valence-corrected chi connectivity index (χ3v) is 8.57. The molecule has 4 rings (SSSR count). The summed E-state index contributed by atoms with van der Waals surface area (Å²) in [4.78, 5) is 22.1. The first kappa shape index (κ1) is 22.4. The summed E-state index contributed by atoms with van der Waals surface area (Å²) >= 11 is 15.6. The normalized spacial score (nSPS) is 21.0. The van der Waals surface area contributed by atoms with E-state index in [1.807, 2.05) is 35.7 Å². The SMILES string of the molecule is O=C(O)[C@]1(Cc2cccc(Nc3nccs3)n2)CC[C@@H](Sc2cccc(Cl)c2Cl)CC1. The van der Waals surface area contributed by atoms with E-state index in [0.717, 1.165) is 28.6 Å². The van der Waals surface area contributed by atoms with Gasteiger partial charge in [-0.05, 0) is 49.9 Å². The van der Waals surface area contributed by atoms with E-state index in [2.05, 4.69) is 15.3 Å². The van der Waals surface area contributed by atoms with Crippen molar-refractivity contribution in [1.82, 2.24) is 9.97 Å². The molecule has 9 heteroatoms. The molecule has 3 aromatic rings. The first-order chi connectivity index (χ1) is 14.9. The van der Waals surface area contributed by atoms with Gasteiger partial charge in [0.25, 0.3) is 0 Å². The lowest BCUT2D eigenvalue weighted by atomic mass is 9.71. The molecule has 5 nitrogen and oxygen atoms in total. The molecular weight excluding hydrogens is 473 g/mol. The van der Waals surface area contributed by atoms with Crippen molar-refractivity contribution in [3.05, 3.63) is 63.7 Å². The van der Waals surface area contributed by atoms with Crippen LogP contribution in [0.1, 0.15) is 31.4 Å². The van der Waals surface area contributed by atoms with Crippen LogP contribution in [0.5, 0.6) is 0 Å². The second-order valence-corrected chi connectivity index (χ2v) is 10.6. The number of hydrogen-bond donors (Lipinski definition) is 2. The van der Waals surface area contributed by atoms with E-state index < -0.39 is 11.4 Å². The van der Waals surface area contributed by atoms with Gasteiger partial charge < -0.3 is 10.4 Å². The largest absolute Gasteiger partial charge is 0.481 e. The molecule has 0 spiro atoms. The summed E-state index contributed by atoms with van der Waals surface area (Å²) in [5, 5.41) is 17.3. The third-order valence-electron chi connectivity index (χ3n) is 5.55. The van der Waals surface area contributed by atoms with Gasteiger partial charge in [0.05, 0.1) is 15.5 Å². The highest BCUT2D eigenvalue weighted by Crippen LogP contribution is 2.46. The number of pyridine rings is 1. The molecule has 1 fully saturated rings. The van der Waals surface area contributed by atoms with E-state index in [1.54, 1.807) is 24.0 Å². The van der Waals surface area contributed by atoms with Crippen molar-refractivity contribution in [2.75, 3.05) is 5.32 Å². The summed E-state index contributed by atoms with van der Waals surface area (Å²) in [6.07, 6.45) is 4.94. The molecule has 1 saturated carbocycles. The lowest BCUT2D eigenvalue weighted by Crippen LogP contribution is -2.38. The Bertz CT molecular complexity index is 1050. The van der Waals surface area contributed by atoms with Crippen molar-refractivity contribution >= 4 is 63.2 Å². The van der Waals surface area contributed by atoms with Crippen LogP contribution >= 0.6 is 46.3 Å². The number of aliphatic carboxylic acids is 1. The lowest BCUT2D eigenvalue weighted by Gasteiger charge is -2.36. The van der Waals surface area contributed by atoms with E-state index in [4.69, 9.17) is 23.2 Å². The van der Waals surface area contributed by atoms with Crippen molar-refractivity contribution in [3.8, 4) is 0 Å². The molecule has 2 N–H and O–H groups in total. The van der Waals surface area contributed by atoms with Crippen molar-refractivity contribution in [2.24, 2.45) is 5.41 Å². The van der Waals surface area contributed by atoms with E-state index >= 15 is 0 Å². The summed E-state index contributed by atoms with van der Waals surface area (Å²) in [5.41, 5.74) is -0.0323. The number of carboxylic acids is 1. The molecule has 31 heavy (non-hydrogen) atoms. The molecule has 0 bridgehead atoms. The van der Waals surface area contributed by atoms with Gasteiger partial charge in [0, 0.05) is 33.8 Å². The minimum absolute atomic E-state index is 0.314. The Morgan fingerprint density at radius 2 is 2.00 bits per heavy atom. The predicted octanol–water partition coefficient (Wildman–Crippen LogP) is 6.94. The van der Waals surface area contributed by atoms with Gasteiger partial charge in [-0.2, -0.15) is 0 Å². The van der Waals surface area contributed by atoms with Crippen molar-refractivity contribution in [2.45, 2.75) is 42.2 Å². The monoisotopic (exact) mass is 493 g/mol. The van der Waals surface area contributed by atoms with Crippen molar-refractivity contribution in [3.63, 3.8) is 0 Å². The number of hydrogen-bond acceptors (Lipinski definition) is 6. The zero-order valence-electron chi connectivity index (χ0n) is 16.6. The molecule has 1 aliphatic rings. The fourth-order valence-corrected chi connectivity index (χ4v) is 6.10. The van der Waals surface area contributed by atoms with Crippen LogP contribution in [0.25, 0.3) is 0 Å². The molecular formula is C22H21Cl2N3O2S2. The van der Waals surface area contributed by atoms with Crippen LogP contribution in [0.4, 0.5) is 10.9 Å². The second kappa shape index (κ2) is 9.77. The van der Waals surface area contributed by atoms with Gasteiger partial charge in [-0.25, -0.2) is 9.97 Å². The van der Waals surface area contributed by atoms with Crippen LogP contribution < -0.4 is 5.32 Å². The summed E-state index contributed by atoms with van der Waals surface area (Å²) < 4.78 is 0. The Morgan fingerprint density at radius 3 is 2.71 bits per heavy atom. The quantitative estimate of drug-likeness (QED) is 0.371. The molecule has 0 atom stereocenters. The standard InChI is InChI=1S/C22H21Cl2N3O2S2/c23-16-4-2-5-17(19(16)24)31-15-7-9-22(10-8-15,20(28)29)13-14-3-1-6-18(26-14)27-21-25-11-12-30-21/h1-6,11-12,15H,7-10,13H2,(H,28,29)(H,25,26,27)/t15-,22-. The maximum Gasteiger partial charge on any atom is 0.310 e.